The first kappa shape index (κ1) is 17.6. The smallest absolute Gasteiger partial charge is 0.270 e. The molecule has 2 heterocycles. The minimum atomic E-state index is -0.331. The monoisotopic (exact) mass is 376 g/mol. The highest BCUT2D eigenvalue weighted by Gasteiger charge is 2.13. The molecule has 0 fully saturated rings. The highest BCUT2D eigenvalue weighted by atomic mass is 19.1. The Balaban J connectivity index is 1.40. The molecule has 1 N–H and O–H groups in total. The highest BCUT2D eigenvalue weighted by molar-refractivity contribution is 5.92. The molecule has 8 heteroatoms. The number of hydrogen-bond acceptors (Lipinski definition) is 4. The largest absolute Gasteiger partial charge is 0.347 e. The number of nitrogens with one attached hydrogen (secondary N) is 1. The molecule has 0 radical (unpaired) electrons. The Morgan fingerprint density at radius 3 is 2.43 bits per heavy atom. The Labute approximate surface area is 160 Å². The summed E-state index contributed by atoms with van der Waals surface area (Å²) in [6.07, 6.45) is 6.18. The lowest BCUT2D eigenvalue weighted by molar-refractivity contribution is 0.0944. The van der Waals surface area contributed by atoms with Gasteiger partial charge in [0.05, 0.1) is 19.1 Å². The summed E-state index contributed by atoms with van der Waals surface area (Å²) >= 11 is 0. The molecule has 4 rings (SSSR count). The van der Waals surface area contributed by atoms with E-state index in [1.54, 1.807) is 27.7 Å². The Kier molecular flexibility index (Phi) is 4.92. The van der Waals surface area contributed by atoms with Gasteiger partial charge in [0.2, 0.25) is 0 Å². The van der Waals surface area contributed by atoms with E-state index < -0.39 is 0 Å². The van der Waals surface area contributed by atoms with E-state index in [0.29, 0.717) is 24.5 Å². The first-order valence-electron chi connectivity index (χ1n) is 8.66. The zero-order chi connectivity index (χ0) is 19.3. The maximum Gasteiger partial charge on any atom is 0.270 e. The Hall–Kier alpha value is -3.81. The Bertz CT molecular complexity index is 1060. The van der Waals surface area contributed by atoms with Crippen molar-refractivity contribution >= 4 is 5.91 Å². The zero-order valence-electron chi connectivity index (χ0n) is 14.9. The number of benzene rings is 2. The van der Waals surface area contributed by atoms with Crippen molar-refractivity contribution in [3.05, 3.63) is 96.3 Å². The third-order valence-electron chi connectivity index (χ3n) is 4.26. The average Bonchev–Trinajstić information content (AvgIpc) is 3.40. The van der Waals surface area contributed by atoms with Crippen molar-refractivity contribution in [2.24, 2.45) is 0 Å². The lowest BCUT2D eigenvalue weighted by Gasteiger charge is -2.09. The van der Waals surface area contributed by atoms with Gasteiger partial charge in [-0.1, -0.05) is 24.3 Å². The van der Waals surface area contributed by atoms with Crippen LogP contribution < -0.4 is 5.32 Å². The predicted molar refractivity (Wildman–Crippen MR) is 100 cm³/mol. The van der Waals surface area contributed by atoms with Gasteiger partial charge in [-0.05, 0) is 35.4 Å². The van der Waals surface area contributed by atoms with Crippen LogP contribution in [0.25, 0.3) is 5.69 Å². The highest BCUT2D eigenvalue weighted by Crippen LogP contribution is 2.13. The Morgan fingerprint density at radius 2 is 1.71 bits per heavy atom. The predicted octanol–water partition coefficient (Wildman–Crippen LogP) is 2.58. The van der Waals surface area contributed by atoms with Crippen LogP contribution in [0.5, 0.6) is 0 Å². The summed E-state index contributed by atoms with van der Waals surface area (Å²) < 4.78 is 16.5. The van der Waals surface area contributed by atoms with Crippen molar-refractivity contribution in [3.63, 3.8) is 0 Å². The normalized spacial score (nSPS) is 10.8. The van der Waals surface area contributed by atoms with Crippen LogP contribution in [0.3, 0.4) is 0 Å². The van der Waals surface area contributed by atoms with Gasteiger partial charge in [0.25, 0.3) is 5.91 Å². The molecule has 7 nitrogen and oxygen atoms in total. The fourth-order valence-corrected chi connectivity index (χ4v) is 2.81. The molecule has 4 aromatic rings. The molecule has 0 bridgehead atoms. The topological polar surface area (TPSA) is 77.6 Å². The van der Waals surface area contributed by atoms with Gasteiger partial charge >= 0.3 is 0 Å². The van der Waals surface area contributed by atoms with Gasteiger partial charge in [-0.15, -0.1) is 0 Å². The molecule has 0 aliphatic rings. The van der Waals surface area contributed by atoms with Crippen molar-refractivity contribution < 1.29 is 9.18 Å². The minimum Gasteiger partial charge on any atom is -0.347 e. The van der Waals surface area contributed by atoms with Gasteiger partial charge in [-0.2, -0.15) is 5.10 Å². The van der Waals surface area contributed by atoms with Crippen molar-refractivity contribution in [1.29, 1.82) is 0 Å². The summed E-state index contributed by atoms with van der Waals surface area (Å²) in [7, 11) is 0. The maximum atomic E-state index is 13.1. The van der Waals surface area contributed by atoms with Crippen molar-refractivity contribution in [1.82, 2.24) is 29.6 Å². The van der Waals surface area contributed by atoms with E-state index in [1.807, 2.05) is 24.3 Å². The molecule has 0 unspecified atom stereocenters. The van der Waals surface area contributed by atoms with Crippen LogP contribution in [0.4, 0.5) is 4.39 Å². The number of carbonyl (C=O) groups is 1. The number of amides is 1. The van der Waals surface area contributed by atoms with Crippen LogP contribution in [-0.4, -0.2) is 30.2 Å². The van der Waals surface area contributed by atoms with E-state index in [1.165, 1.54) is 31.0 Å². The molecule has 0 atom stereocenters. The molecule has 0 saturated carbocycles. The van der Waals surface area contributed by atoms with Crippen LogP contribution in [0.15, 0.2) is 73.7 Å². The number of aromatic nitrogens is 5. The fraction of sp³-hybridized carbons (Fsp3) is 0.100. The van der Waals surface area contributed by atoms with Crippen molar-refractivity contribution in [3.8, 4) is 5.69 Å². The summed E-state index contributed by atoms with van der Waals surface area (Å²) in [5.74, 6) is -0.587. The number of imidazole rings is 1. The van der Waals surface area contributed by atoms with E-state index >= 15 is 0 Å². The van der Waals surface area contributed by atoms with Crippen LogP contribution >= 0.6 is 0 Å². The second-order valence-electron chi connectivity index (χ2n) is 6.22. The first-order chi connectivity index (χ1) is 13.7. The molecular weight excluding hydrogens is 359 g/mol. The molecule has 140 valence electrons. The van der Waals surface area contributed by atoms with Gasteiger partial charge in [-0.3, -0.25) is 9.36 Å². The molecule has 28 heavy (non-hydrogen) atoms. The zero-order valence-corrected chi connectivity index (χ0v) is 14.9. The average molecular weight is 376 g/mol. The van der Waals surface area contributed by atoms with Gasteiger partial charge in [0, 0.05) is 12.2 Å². The van der Waals surface area contributed by atoms with Crippen LogP contribution in [0, 0.1) is 5.82 Å². The first-order valence-corrected chi connectivity index (χ1v) is 8.66. The standard InChI is InChI=1S/C20H17FN6O/c21-17-5-7-18(8-6-17)27-14-22-10-19(27)20(28)24-9-15-1-3-16(4-2-15)11-26-13-23-12-25-26/h1-8,10,12-14H,9,11H2,(H,24,28). The fourth-order valence-electron chi connectivity index (χ4n) is 2.81. The van der Waals surface area contributed by atoms with Crippen LogP contribution in [0.2, 0.25) is 0 Å². The molecule has 0 aliphatic heterocycles. The quantitative estimate of drug-likeness (QED) is 0.561. The number of rotatable bonds is 6. The van der Waals surface area contributed by atoms with Gasteiger partial charge < -0.3 is 5.32 Å². The SMILES string of the molecule is O=C(NCc1ccc(Cn2cncn2)cc1)c1cncn1-c1ccc(F)cc1. The van der Waals surface area contributed by atoms with E-state index in [-0.39, 0.29) is 11.7 Å². The number of halogens is 1. The second-order valence-corrected chi connectivity index (χ2v) is 6.22. The van der Waals surface area contributed by atoms with Gasteiger partial charge in [0.1, 0.15) is 24.2 Å². The molecule has 0 saturated heterocycles. The molecule has 0 spiro atoms. The summed E-state index contributed by atoms with van der Waals surface area (Å²) in [5, 5.41) is 6.97. The van der Waals surface area contributed by atoms with E-state index in [4.69, 9.17) is 0 Å². The van der Waals surface area contributed by atoms with Crippen molar-refractivity contribution in [2.75, 3.05) is 0 Å². The molecule has 0 aliphatic carbocycles. The summed E-state index contributed by atoms with van der Waals surface area (Å²) in [5.41, 5.74) is 3.12. The van der Waals surface area contributed by atoms with Crippen molar-refractivity contribution in [2.45, 2.75) is 13.1 Å². The van der Waals surface area contributed by atoms with Crippen LogP contribution in [-0.2, 0) is 13.1 Å². The molecule has 2 aromatic carbocycles. The minimum absolute atomic E-state index is 0.256. The second kappa shape index (κ2) is 7.83. The van der Waals surface area contributed by atoms with Gasteiger partial charge in [0.15, 0.2) is 0 Å². The third-order valence-corrected chi connectivity index (χ3v) is 4.26. The lowest BCUT2D eigenvalue weighted by atomic mass is 10.1. The lowest BCUT2D eigenvalue weighted by Crippen LogP contribution is -2.25. The molecule has 1 amide bonds. The maximum absolute atomic E-state index is 13.1. The molecule has 2 aromatic heterocycles. The van der Waals surface area contributed by atoms with Gasteiger partial charge in [-0.25, -0.2) is 19.0 Å². The third kappa shape index (κ3) is 3.96. The van der Waals surface area contributed by atoms with Crippen LogP contribution in [0.1, 0.15) is 21.6 Å². The van der Waals surface area contributed by atoms with E-state index in [0.717, 1.165) is 11.1 Å². The number of carbonyl (C=O) groups excluding carboxylic acids is 1. The van der Waals surface area contributed by atoms with E-state index in [9.17, 15) is 9.18 Å². The molecular formula is C20H17FN6O. The number of hydrogen-bond donors (Lipinski definition) is 1. The van der Waals surface area contributed by atoms with E-state index in [2.05, 4.69) is 20.4 Å². The summed E-state index contributed by atoms with van der Waals surface area (Å²) in [6.45, 7) is 1.03. The Morgan fingerprint density at radius 1 is 0.964 bits per heavy atom. The summed E-state index contributed by atoms with van der Waals surface area (Å²) in [4.78, 5) is 20.5. The summed E-state index contributed by atoms with van der Waals surface area (Å²) in [6, 6.07) is 13.8. The number of nitrogens with zero attached hydrogens (tertiary/aromatic N) is 5.